The number of fused-ring (bicyclic) bond motifs is 1. The van der Waals surface area contributed by atoms with Gasteiger partial charge in [0, 0.05) is 13.2 Å². The SMILES string of the molecule is CCCO[SiH](CCCc1ccc2c(c1)C(=O)OC2=O)OCCC. The number of hydrogen-bond acceptors (Lipinski definition) is 5. The Bertz CT molecular complexity index is 550. The van der Waals surface area contributed by atoms with Crippen molar-refractivity contribution in [3.63, 3.8) is 0 Å². The highest BCUT2D eigenvalue weighted by Crippen LogP contribution is 2.22. The molecule has 0 bridgehead atoms. The summed E-state index contributed by atoms with van der Waals surface area (Å²) in [6.45, 7) is 5.70. The maximum atomic E-state index is 11.6. The molecule has 5 nitrogen and oxygen atoms in total. The number of carbonyl (C=O) groups is 2. The Balaban J connectivity index is 1.86. The Labute approximate surface area is 138 Å². The Hall–Kier alpha value is -1.50. The van der Waals surface area contributed by atoms with Crippen molar-refractivity contribution in [3.05, 3.63) is 34.9 Å². The van der Waals surface area contributed by atoms with Gasteiger partial charge in [-0.25, -0.2) is 9.59 Å². The summed E-state index contributed by atoms with van der Waals surface area (Å²) < 4.78 is 16.3. The summed E-state index contributed by atoms with van der Waals surface area (Å²) in [4.78, 5) is 23.0. The molecule has 23 heavy (non-hydrogen) atoms. The molecule has 126 valence electrons. The van der Waals surface area contributed by atoms with Crippen LogP contribution in [0, 0.1) is 0 Å². The minimum atomic E-state index is -1.60. The van der Waals surface area contributed by atoms with E-state index in [1.54, 1.807) is 12.1 Å². The predicted octanol–water partition coefficient (Wildman–Crippen LogP) is 3.00. The van der Waals surface area contributed by atoms with Crippen LogP contribution in [0.15, 0.2) is 18.2 Å². The van der Waals surface area contributed by atoms with Crippen LogP contribution in [0.1, 0.15) is 59.4 Å². The van der Waals surface area contributed by atoms with Crippen LogP contribution in [-0.4, -0.2) is 34.4 Å². The van der Waals surface area contributed by atoms with Gasteiger partial charge in [-0.1, -0.05) is 19.9 Å². The smallest absolute Gasteiger partial charge is 0.346 e. The van der Waals surface area contributed by atoms with Crippen molar-refractivity contribution < 1.29 is 23.2 Å². The highest BCUT2D eigenvalue weighted by molar-refractivity contribution is 6.44. The second-order valence-electron chi connectivity index (χ2n) is 5.62. The fourth-order valence-corrected chi connectivity index (χ4v) is 4.44. The predicted molar refractivity (Wildman–Crippen MR) is 89.0 cm³/mol. The molecule has 1 aromatic carbocycles. The second-order valence-corrected chi connectivity index (χ2v) is 7.72. The molecule has 0 amide bonds. The highest BCUT2D eigenvalue weighted by atomic mass is 28.3. The molecule has 0 aliphatic carbocycles. The molecule has 0 unspecified atom stereocenters. The lowest BCUT2D eigenvalue weighted by Gasteiger charge is -2.16. The van der Waals surface area contributed by atoms with Crippen LogP contribution in [0.5, 0.6) is 0 Å². The molecule has 0 saturated carbocycles. The van der Waals surface area contributed by atoms with Crippen molar-refractivity contribution >= 4 is 21.2 Å². The fraction of sp³-hybridized carbons (Fsp3) is 0.529. The molecule has 1 aromatic rings. The first-order valence-electron chi connectivity index (χ1n) is 8.28. The number of cyclic esters (lactones) is 2. The summed E-state index contributed by atoms with van der Waals surface area (Å²) in [6.07, 6.45) is 3.79. The summed E-state index contributed by atoms with van der Waals surface area (Å²) in [5.41, 5.74) is 1.78. The normalized spacial score (nSPS) is 13.5. The molecule has 6 heteroatoms. The van der Waals surface area contributed by atoms with Gasteiger partial charge < -0.3 is 13.6 Å². The van der Waals surface area contributed by atoms with Crippen LogP contribution < -0.4 is 0 Å². The van der Waals surface area contributed by atoms with Crippen molar-refractivity contribution in [2.24, 2.45) is 0 Å². The van der Waals surface area contributed by atoms with Crippen molar-refractivity contribution in [3.8, 4) is 0 Å². The van der Waals surface area contributed by atoms with Gasteiger partial charge in [0.05, 0.1) is 11.1 Å². The van der Waals surface area contributed by atoms with E-state index in [4.69, 9.17) is 8.85 Å². The zero-order valence-corrected chi connectivity index (χ0v) is 15.0. The first-order chi connectivity index (χ1) is 11.2. The summed E-state index contributed by atoms with van der Waals surface area (Å²) in [6, 6.07) is 6.27. The largest absolute Gasteiger partial charge is 0.397 e. The number of ether oxygens (including phenoxy) is 1. The summed E-state index contributed by atoms with van der Waals surface area (Å²) in [7, 11) is -1.60. The number of aryl methyl sites for hydroxylation is 1. The Morgan fingerprint density at radius 3 is 2.30 bits per heavy atom. The molecular formula is C17H24O5Si. The van der Waals surface area contributed by atoms with Gasteiger partial charge >= 0.3 is 21.2 Å². The van der Waals surface area contributed by atoms with Gasteiger partial charge in [-0.05, 0) is 49.4 Å². The van der Waals surface area contributed by atoms with E-state index in [0.717, 1.165) is 50.5 Å². The Morgan fingerprint density at radius 1 is 1.00 bits per heavy atom. The molecule has 1 aliphatic heterocycles. The maximum absolute atomic E-state index is 11.6. The molecule has 0 N–H and O–H groups in total. The van der Waals surface area contributed by atoms with Crippen LogP contribution >= 0.6 is 0 Å². The first kappa shape index (κ1) is 17.8. The molecule has 0 spiro atoms. The lowest BCUT2D eigenvalue weighted by atomic mass is 10.0. The molecule has 0 radical (unpaired) electrons. The minimum Gasteiger partial charge on any atom is -0.397 e. The molecule has 0 fully saturated rings. The standard InChI is InChI=1S/C17H24O5Si/c1-3-9-20-23(21-10-4-2)11-5-6-13-7-8-14-15(12-13)17(19)22-16(14)18/h7-8,12,23H,3-6,9-11H2,1-2H3. The number of benzene rings is 1. The molecular weight excluding hydrogens is 312 g/mol. The van der Waals surface area contributed by atoms with Crippen LogP contribution in [0.25, 0.3) is 0 Å². The number of rotatable bonds is 10. The zero-order valence-electron chi connectivity index (χ0n) is 13.8. The van der Waals surface area contributed by atoms with Crippen molar-refractivity contribution in [2.45, 2.75) is 45.6 Å². The van der Waals surface area contributed by atoms with E-state index in [2.05, 4.69) is 18.6 Å². The zero-order chi connectivity index (χ0) is 16.7. The highest BCUT2D eigenvalue weighted by Gasteiger charge is 2.29. The summed E-state index contributed by atoms with van der Waals surface area (Å²) in [5.74, 6) is -1.10. The average molecular weight is 336 g/mol. The van der Waals surface area contributed by atoms with E-state index in [1.165, 1.54) is 0 Å². The molecule has 1 aliphatic rings. The lowest BCUT2D eigenvalue weighted by molar-refractivity contribution is 0.0443. The van der Waals surface area contributed by atoms with Crippen LogP contribution in [0.3, 0.4) is 0 Å². The van der Waals surface area contributed by atoms with Crippen molar-refractivity contribution in [2.75, 3.05) is 13.2 Å². The third-order valence-corrected chi connectivity index (χ3v) is 5.72. The monoisotopic (exact) mass is 336 g/mol. The van der Waals surface area contributed by atoms with E-state index in [1.807, 2.05) is 6.07 Å². The topological polar surface area (TPSA) is 61.8 Å². The van der Waals surface area contributed by atoms with Crippen molar-refractivity contribution in [1.82, 2.24) is 0 Å². The fourth-order valence-electron chi connectivity index (χ4n) is 2.47. The average Bonchev–Trinajstić information content (AvgIpc) is 2.83. The molecule has 1 heterocycles. The first-order valence-corrected chi connectivity index (χ1v) is 10.0. The third kappa shape index (κ3) is 4.99. The number of hydrogen-bond donors (Lipinski definition) is 0. The van der Waals surface area contributed by atoms with Gasteiger partial charge in [0.25, 0.3) is 0 Å². The van der Waals surface area contributed by atoms with Crippen LogP contribution in [-0.2, 0) is 20.0 Å². The maximum Gasteiger partial charge on any atom is 0.346 e. The van der Waals surface area contributed by atoms with Gasteiger partial charge in [-0.2, -0.15) is 0 Å². The minimum absolute atomic E-state index is 0.364. The van der Waals surface area contributed by atoms with E-state index in [0.29, 0.717) is 11.1 Å². The second kappa shape index (κ2) is 8.96. The lowest BCUT2D eigenvalue weighted by Crippen LogP contribution is -2.24. The van der Waals surface area contributed by atoms with Gasteiger partial charge in [0.1, 0.15) is 0 Å². The van der Waals surface area contributed by atoms with Crippen molar-refractivity contribution in [1.29, 1.82) is 0 Å². The number of carbonyl (C=O) groups excluding carboxylic acids is 2. The molecule has 0 aromatic heterocycles. The molecule has 0 atom stereocenters. The quantitative estimate of drug-likeness (QED) is 0.373. The molecule has 2 rings (SSSR count). The van der Waals surface area contributed by atoms with Crippen LogP contribution in [0.4, 0.5) is 0 Å². The summed E-state index contributed by atoms with van der Waals surface area (Å²) >= 11 is 0. The summed E-state index contributed by atoms with van der Waals surface area (Å²) in [5, 5.41) is 0. The van der Waals surface area contributed by atoms with Gasteiger partial charge in [-0.15, -0.1) is 0 Å². The van der Waals surface area contributed by atoms with E-state index in [-0.39, 0.29) is 0 Å². The van der Waals surface area contributed by atoms with Gasteiger partial charge in [0.15, 0.2) is 0 Å². The Kier molecular flexibility index (Phi) is 6.95. The number of esters is 2. The van der Waals surface area contributed by atoms with E-state index >= 15 is 0 Å². The van der Waals surface area contributed by atoms with E-state index in [9.17, 15) is 9.59 Å². The van der Waals surface area contributed by atoms with E-state index < -0.39 is 21.2 Å². The van der Waals surface area contributed by atoms with Crippen LogP contribution in [0.2, 0.25) is 6.04 Å². The third-order valence-electron chi connectivity index (χ3n) is 3.63. The Morgan fingerprint density at radius 2 is 1.65 bits per heavy atom. The van der Waals surface area contributed by atoms with Gasteiger partial charge in [-0.3, -0.25) is 0 Å². The molecule has 0 saturated heterocycles. The van der Waals surface area contributed by atoms with Gasteiger partial charge in [0.2, 0.25) is 0 Å².